The molecule has 0 fully saturated rings. The maximum atomic E-state index is 12.0. The first-order valence-electron chi connectivity index (χ1n) is 7.32. The molecule has 21 heavy (non-hydrogen) atoms. The molecule has 0 aromatic heterocycles. The van der Waals surface area contributed by atoms with Gasteiger partial charge in [-0.05, 0) is 36.7 Å². The van der Waals surface area contributed by atoms with Crippen LogP contribution in [0.5, 0.6) is 0 Å². The first kappa shape index (κ1) is 15.3. The number of amides is 1. The molecular weight excluding hydrogens is 260 g/mol. The summed E-state index contributed by atoms with van der Waals surface area (Å²) in [7, 11) is 0. The number of carbonyl (C=O) groups excluding carboxylic acids is 1. The van der Waals surface area contributed by atoms with Gasteiger partial charge in [0.15, 0.2) is 0 Å². The number of rotatable bonds is 6. The van der Waals surface area contributed by atoms with Gasteiger partial charge in [0.1, 0.15) is 0 Å². The zero-order valence-electron chi connectivity index (χ0n) is 12.6. The number of hydrogen-bond donors (Lipinski definition) is 2. The Morgan fingerprint density at radius 3 is 2.19 bits per heavy atom. The molecule has 2 N–H and O–H groups in total. The van der Waals surface area contributed by atoms with E-state index in [1.807, 2.05) is 55.5 Å². The van der Waals surface area contributed by atoms with Crippen molar-refractivity contribution < 1.29 is 4.79 Å². The molecule has 0 spiro atoms. The summed E-state index contributed by atoms with van der Waals surface area (Å²) in [5, 5.41) is 6.20. The second-order valence-corrected chi connectivity index (χ2v) is 5.19. The first-order chi connectivity index (χ1) is 10.2. The third-order valence-electron chi connectivity index (χ3n) is 3.30. The lowest BCUT2D eigenvalue weighted by Crippen LogP contribution is -2.15. The van der Waals surface area contributed by atoms with Crippen LogP contribution in [0.25, 0.3) is 0 Å². The molecule has 0 atom stereocenters. The number of aryl methyl sites for hydroxylation is 1. The molecule has 110 valence electrons. The van der Waals surface area contributed by atoms with Crippen LogP contribution in [0.4, 0.5) is 5.69 Å². The van der Waals surface area contributed by atoms with Crippen LogP contribution in [-0.4, -0.2) is 12.5 Å². The largest absolute Gasteiger partial charge is 0.326 e. The molecule has 2 aromatic rings. The Morgan fingerprint density at radius 2 is 1.57 bits per heavy atom. The molecule has 3 heteroatoms. The minimum Gasteiger partial charge on any atom is -0.326 e. The topological polar surface area (TPSA) is 41.1 Å². The number of hydrogen-bond acceptors (Lipinski definition) is 2. The Balaban J connectivity index is 1.88. The second-order valence-electron chi connectivity index (χ2n) is 5.19. The number of nitrogens with one attached hydrogen (secondary N) is 2. The molecule has 2 rings (SSSR count). The highest BCUT2D eigenvalue weighted by atomic mass is 16.1. The van der Waals surface area contributed by atoms with Crippen LogP contribution in [0.2, 0.25) is 0 Å². The molecule has 0 saturated heterocycles. The Labute approximate surface area is 126 Å². The Morgan fingerprint density at radius 1 is 0.952 bits per heavy atom. The number of carbonyl (C=O) groups is 1. The molecule has 0 aliphatic carbocycles. The predicted octanol–water partition coefficient (Wildman–Crippen LogP) is 3.29. The SMILES string of the molecule is CCNCc1ccc(NC(=O)Cc2ccc(C)cc2)cc1. The maximum absolute atomic E-state index is 12.0. The average molecular weight is 282 g/mol. The molecule has 0 radical (unpaired) electrons. The Bertz CT molecular complexity index is 573. The molecule has 0 bridgehead atoms. The highest BCUT2D eigenvalue weighted by molar-refractivity contribution is 5.92. The van der Waals surface area contributed by atoms with E-state index in [0.29, 0.717) is 6.42 Å². The van der Waals surface area contributed by atoms with Gasteiger partial charge in [-0.3, -0.25) is 4.79 Å². The van der Waals surface area contributed by atoms with Crippen molar-refractivity contribution in [1.82, 2.24) is 5.32 Å². The third-order valence-corrected chi connectivity index (χ3v) is 3.30. The van der Waals surface area contributed by atoms with E-state index in [2.05, 4.69) is 17.6 Å². The van der Waals surface area contributed by atoms with Crippen LogP contribution in [0.15, 0.2) is 48.5 Å². The lowest BCUT2D eigenvalue weighted by molar-refractivity contribution is -0.115. The summed E-state index contributed by atoms with van der Waals surface area (Å²) in [6.45, 7) is 5.93. The van der Waals surface area contributed by atoms with Crippen molar-refractivity contribution in [2.24, 2.45) is 0 Å². The summed E-state index contributed by atoms with van der Waals surface area (Å²) in [6, 6.07) is 16.0. The zero-order chi connectivity index (χ0) is 15.1. The van der Waals surface area contributed by atoms with E-state index < -0.39 is 0 Å². The van der Waals surface area contributed by atoms with E-state index in [4.69, 9.17) is 0 Å². The molecular formula is C18H22N2O. The van der Waals surface area contributed by atoms with Crippen molar-refractivity contribution >= 4 is 11.6 Å². The van der Waals surface area contributed by atoms with Crippen LogP contribution in [-0.2, 0) is 17.8 Å². The van der Waals surface area contributed by atoms with Crippen LogP contribution in [0.3, 0.4) is 0 Å². The lowest BCUT2D eigenvalue weighted by Gasteiger charge is -2.07. The highest BCUT2D eigenvalue weighted by Gasteiger charge is 2.04. The maximum Gasteiger partial charge on any atom is 0.228 e. The quantitative estimate of drug-likeness (QED) is 0.853. The van der Waals surface area contributed by atoms with Crippen molar-refractivity contribution in [2.75, 3.05) is 11.9 Å². The zero-order valence-corrected chi connectivity index (χ0v) is 12.6. The summed E-state index contributed by atoms with van der Waals surface area (Å²) >= 11 is 0. The smallest absolute Gasteiger partial charge is 0.228 e. The fourth-order valence-electron chi connectivity index (χ4n) is 2.07. The molecule has 0 aliphatic heterocycles. The van der Waals surface area contributed by atoms with Crippen LogP contribution < -0.4 is 10.6 Å². The summed E-state index contributed by atoms with van der Waals surface area (Å²) in [6.07, 6.45) is 0.402. The van der Waals surface area contributed by atoms with Crippen molar-refractivity contribution in [2.45, 2.75) is 26.8 Å². The van der Waals surface area contributed by atoms with Gasteiger partial charge in [-0.25, -0.2) is 0 Å². The molecule has 1 amide bonds. The van der Waals surface area contributed by atoms with E-state index >= 15 is 0 Å². The van der Waals surface area contributed by atoms with Crippen molar-refractivity contribution in [3.8, 4) is 0 Å². The van der Waals surface area contributed by atoms with Crippen molar-refractivity contribution in [3.63, 3.8) is 0 Å². The molecule has 2 aromatic carbocycles. The minimum absolute atomic E-state index is 0.0123. The Hall–Kier alpha value is -2.13. The van der Waals surface area contributed by atoms with E-state index in [9.17, 15) is 4.79 Å². The van der Waals surface area contributed by atoms with Gasteiger partial charge in [0, 0.05) is 12.2 Å². The van der Waals surface area contributed by atoms with E-state index in [1.165, 1.54) is 11.1 Å². The minimum atomic E-state index is 0.0123. The van der Waals surface area contributed by atoms with Crippen LogP contribution >= 0.6 is 0 Å². The third kappa shape index (κ3) is 5.04. The van der Waals surface area contributed by atoms with E-state index in [-0.39, 0.29) is 5.91 Å². The fourth-order valence-corrected chi connectivity index (χ4v) is 2.07. The van der Waals surface area contributed by atoms with Gasteiger partial charge in [-0.1, -0.05) is 48.9 Å². The van der Waals surface area contributed by atoms with Gasteiger partial charge < -0.3 is 10.6 Å². The van der Waals surface area contributed by atoms with E-state index in [1.54, 1.807) is 0 Å². The lowest BCUT2D eigenvalue weighted by atomic mass is 10.1. The van der Waals surface area contributed by atoms with Crippen molar-refractivity contribution in [1.29, 1.82) is 0 Å². The van der Waals surface area contributed by atoms with Crippen LogP contribution in [0.1, 0.15) is 23.6 Å². The summed E-state index contributed by atoms with van der Waals surface area (Å²) in [5.74, 6) is 0.0123. The fraction of sp³-hybridized carbons (Fsp3) is 0.278. The standard InChI is InChI=1S/C18H22N2O/c1-3-19-13-16-8-10-17(11-9-16)20-18(21)12-15-6-4-14(2)5-7-15/h4-11,19H,3,12-13H2,1-2H3,(H,20,21). The molecule has 0 unspecified atom stereocenters. The molecule has 0 saturated carbocycles. The summed E-state index contributed by atoms with van der Waals surface area (Å²) in [4.78, 5) is 12.0. The second kappa shape index (κ2) is 7.60. The first-order valence-corrected chi connectivity index (χ1v) is 7.32. The highest BCUT2D eigenvalue weighted by Crippen LogP contribution is 2.11. The normalized spacial score (nSPS) is 10.4. The monoisotopic (exact) mass is 282 g/mol. The number of anilines is 1. The van der Waals surface area contributed by atoms with Gasteiger partial charge in [-0.2, -0.15) is 0 Å². The molecule has 3 nitrogen and oxygen atoms in total. The van der Waals surface area contributed by atoms with Crippen LogP contribution in [0, 0.1) is 6.92 Å². The average Bonchev–Trinajstić information content (AvgIpc) is 2.49. The van der Waals surface area contributed by atoms with Crippen molar-refractivity contribution in [3.05, 3.63) is 65.2 Å². The summed E-state index contributed by atoms with van der Waals surface area (Å²) in [5.41, 5.74) is 4.29. The van der Waals surface area contributed by atoms with Gasteiger partial charge in [0.2, 0.25) is 5.91 Å². The van der Waals surface area contributed by atoms with Gasteiger partial charge in [0.05, 0.1) is 6.42 Å². The van der Waals surface area contributed by atoms with Gasteiger partial charge in [0.25, 0.3) is 0 Å². The van der Waals surface area contributed by atoms with E-state index in [0.717, 1.165) is 24.3 Å². The van der Waals surface area contributed by atoms with Gasteiger partial charge in [-0.15, -0.1) is 0 Å². The summed E-state index contributed by atoms with van der Waals surface area (Å²) < 4.78 is 0. The Kier molecular flexibility index (Phi) is 5.52. The molecule has 0 heterocycles. The van der Waals surface area contributed by atoms with Gasteiger partial charge >= 0.3 is 0 Å². The number of benzene rings is 2. The predicted molar refractivity (Wildman–Crippen MR) is 87.3 cm³/mol. The molecule has 0 aliphatic rings.